The molecule has 1 fully saturated rings. The lowest BCUT2D eigenvalue weighted by molar-refractivity contribution is -0.150. The molecule has 1 aromatic carbocycles. The second kappa shape index (κ2) is 11.2. The van der Waals surface area contributed by atoms with E-state index in [-0.39, 0.29) is 38.1 Å². The standard InChI is InChI=1S/C25H17F3N2O5S4/c26-14-8-13-15(31)9-17(39-22(13)19(28)18(14)27)37-7-5-11-10-38-24-20(23(33)30(24)21(11)25(34)35)29-16(32)4-3-12-2-1-6-36-12/h1-2,5-9,20,24H,3-4,10H2,(H,29,32)(H,34,35)/t20?,24-/m1/s1. The number of hydrogen-bond donors (Lipinski definition) is 2. The van der Waals surface area contributed by atoms with Crippen LogP contribution in [-0.4, -0.2) is 45.0 Å². The van der Waals surface area contributed by atoms with E-state index in [0.29, 0.717) is 18.1 Å². The van der Waals surface area contributed by atoms with Crippen LogP contribution >= 0.6 is 46.2 Å². The maximum Gasteiger partial charge on any atom is 0.352 e. The van der Waals surface area contributed by atoms with Crippen molar-refractivity contribution in [1.29, 1.82) is 0 Å². The Morgan fingerprint density at radius 3 is 2.72 bits per heavy atom. The largest absolute Gasteiger partial charge is 0.477 e. The number of halogens is 3. The molecule has 2 N–H and O–H groups in total. The topological polar surface area (TPSA) is 104 Å². The van der Waals surface area contributed by atoms with Crippen molar-refractivity contribution in [2.45, 2.75) is 28.5 Å². The fourth-order valence-corrected chi connectivity index (χ4v) is 8.12. The Balaban J connectivity index is 1.29. The zero-order valence-corrected chi connectivity index (χ0v) is 22.9. The number of allylic oxidation sites excluding steroid dienone is 1. The van der Waals surface area contributed by atoms with E-state index in [9.17, 15) is 37.5 Å². The quantitative estimate of drug-likeness (QED) is 0.216. The number of benzene rings is 1. The van der Waals surface area contributed by atoms with E-state index in [1.54, 1.807) is 0 Å². The van der Waals surface area contributed by atoms with Crippen molar-refractivity contribution in [3.8, 4) is 0 Å². The molecule has 5 rings (SSSR count). The van der Waals surface area contributed by atoms with Gasteiger partial charge in [-0.1, -0.05) is 17.8 Å². The van der Waals surface area contributed by atoms with Crippen LogP contribution in [0.5, 0.6) is 0 Å². The Morgan fingerprint density at radius 1 is 1.21 bits per heavy atom. The molecule has 0 saturated carbocycles. The highest BCUT2D eigenvalue weighted by Crippen LogP contribution is 2.41. The van der Waals surface area contributed by atoms with Crippen LogP contribution in [0.1, 0.15) is 11.3 Å². The first-order valence-electron chi connectivity index (χ1n) is 11.3. The summed E-state index contributed by atoms with van der Waals surface area (Å²) in [5.41, 5.74) is -0.562. The summed E-state index contributed by atoms with van der Waals surface area (Å²) in [5.74, 6) is -6.46. The van der Waals surface area contributed by atoms with Crippen LogP contribution in [0.4, 0.5) is 13.2 Å². The van der Waals surface area contributed by atoms with Crippen molar-refractivity contribution in [1.82, 2.24) is 10.2 Å². The minimum Gasteiger partial charge on any atom is -0.477 e. The molecule has 7 nitrogen and oxygen atoms in total. The van der Waals surface area contributed by atoms with Crippen molar-refractivity contribution in [2.75, 3.05) is 5.75 Å². The monoisotopic (exact) mass is 610 g/mol. The Morgan fingerprint density at radius 2 is 2.00 bits per heavy atom. The van der Waals surface area contributed by atoms with E-state index in [1.165, 1.54) is 34.6 Å². The highest BCUT2D eigenvalue weighted by Gasteiger charge is 2.53. The zero-order chi connectivity index (χ0) is 27.8. The minimum absolute atomic E-state index is 0.208. The number of rotatable bonds is 8. The van der Waals surface area contributed by atoms with Gasteiger partial charge in [-0.15, -0.1) is 34.4 Å². The fraction of sp³-hybridized carbons (Fsp3) is 0.200. The Hall–Kier alpha value is -3.07. The highest BCUT2D eigenvalue weighted by molar-refractivity contribution is 8.04. The normalized spacial score (nSPS) is 18.9. The van der Waals surface area contributed by atoms with Crippen LogP contribution in [0.3, 0.4) is 0 Å². The highest BCUT2D eigenvalue weighted by atomic mass is 32.2. The molecule has 2 amide bonds. The van der Waals surface area contributed by atoms with E-state index in [1.807, 2.05) is 17.5 Å². The van der Waals surface area contributed by atoms with Gasteiger partial charge in [-0.25, -0.2) is 18.0 Å². The number of thioether (sulfide) groups is 2. The summed E-state index contributed by atoms with van der Waals surface area (Å²) in [6, 6.07) is 4.79. The van der Waals surface area contributed by atoms with E-state index in [4.69, 9.17) is 0 Å². The zero-order valence-electron chi connectivity index (χ0n) is 19.6. The Kier molecular flexibility index (Phi) is 7.89. The van der Waals surface area contributed by atoms with Crippen LogP contribution in [-0.2, 0) is 20.8 Å². The van der Waals surface area contributed by atoms with E-state index >= 15 is 0 Å². The first-order chi connectivity index (χ1) is 18.7. The van der Waals surface area contributed by atoms with Crippen LogP contribution in [0.25, 0.3) is 10.1 Å². The smallest absolute Gasteiger partial charge is 0.352 e. The number of nitrogens with one attached hydrogen (secondary N) is 1. The summed E-state index contributed by atoms with van der Waals surface area (Å²) in [6.07, 6.45) is 2.23. The van der Waals surface area contributed by atoms with Crippen LogP contribution in [0.2, 0.25) is 0 Å². The van der Waals surface area contributed by atoms with Gasteiger partial charge in [-0.05, 0) is 41.0 Å². The van der Waals surface area contributed by atoms with Gasteiger partial charge in [0.15, 0.2) is 22.9 Å². The number of hydrogen-bond acceptors (Lipinski definition) is 8. The maximum absolute atomic E-state index is 14.2. The third-order valence-electron chi connectivity index (χ3n) is 5.98. The van der Waals surface area contributed by atoms with Crippen LogP contribution in [0.15, 0.2) is 61.4 Å². The summed E-state index contributed by atoms with van der Waals surface area (Å²) < 4.78 is 41.3. The molecule has 3 aromatic rings. The number of carboxylic acid groups (broad SMARTS) is 1. The molecule has 4 heterocycles. The summed E-state index contributed by atoms with van der Waals surface area (Å²) in [6.45, 7) is 0. The minimum atomic E-state index is -1.67. The molecule has 1 unspecified atom stereocenters. The number of aliphatic carboxylic acids is 1. The molecule has 2 aliphatic heterocycles. The van der Waals surface area contributed by atoms with Crippen molar-refractivity contribution in [3.05, 3.63) is 85.0 Å². The molecule has 2 aliphatic rings. The van der Waals surface area contributed by atoms with E-state index in [2.05, 4.69) is 5.32 Å². The molecule has 0 radical (unpaired) electrons. The summed E-state index contributed by atoms with van der Waals surface area (Å²) in [4.78, 5) is 51.7. The van der Waals surface area contributed by atoms with Crippen LogP contribution < -0.4 is 10.7 Å². The van der Waals surface area contributed by atoms with Crippen molar-refractivity contribution >= 4 is 74.1 Å². The van der Waals surface area contributed by atoms with Gasteiger partial charge in [0.1, 0.15) is 17.1 Å². The lowest BCUT2D eigenvalue weighted by Gasteiger charge is -2.49. The SMILES string of the molecule is O=C(CCc1cccs1)NC1C(=O)N2C(C(=O)O)=C(C=CSc3cc(=O)c4cc(F)c(F)c(F)c4s3)CS[C@H]12. The van der Waals surface area contributed by atoms with Crippen molar-refractivity contribution in [2.24, 2.45) is 0 Å². The molecule has 202 valence electrons. The average Bonchev–Trinajstić information content (AvgIpc) is 3.43. The first kappa shape index (κ1) is 27.5. The summed E-state index contributed by atoms with van der Waals surface area (Å²) in [7, 11) is 0. The number of β-lactam (4-membered cyclic amide) rings is 1. The number of nitrogens with zero attached hydrogens (tertiary/aromatic N) is 1. The van der Waals surface area contributed by atoms with Crippen LogP contribution in [0, 0.1) is 17.5 Å². The molecular formula is C25H17F3N2O5S4. The number of aryl methyl sites for hydroxylation is 1. The number of thiophene rings is 1. The van der Waals surface area contributed by atoms with Gasteiger partial charge in [0, 0.05) is 28.5 Å². The van der Waals surface area contributed by atoms with Gasteiger partial charge < -0.3 is 10.4 Å². The number of fused-ring (bicyclic) bond motifs is 2. The number of carboxylic acids is 1. The van der Waals surface area contributed by atoms with E-state index in [0.717, 1.165) is 38.9 Å². The first-order valence-corrected chi connectivity index (χ1v) is 15.0. The maximum atomic E-state index is 14.2. The van der Waals surface area contributed by atoms with Crippen molar-refractivity contribution in [3.63, 3.8) is 0 Å². The van der Waals surface area contributed by atoms with Gasteiger partial charge in [0.05, 0.1) is 8.91 Å². The van der Waals surface area contributed by atoms with Gasteiger partial charge in [0.2, 0.25) is 5.91 Å². The Bertz CT molecular complexity index is 1620. The molecule has 39 heavy (non-hydrogen) atoms. The van der Waals surface area contributed by atoms with Gasteiger partial charge in [-0.2, -0.15) is 0 Å². The lowest BCUT2D eigenvalue weighted by atomic mass is 10.0. The molecule has 2 aromatic heterocycles. The second-order valence-corrected chi connectivity index (χ2v) is 12.8. The average molecular weight is 611 g/mol. The molecule has 0 spiro atoms. The van der Waals surface area contributed by atoms with Gasteiger partial charge in [-0.3, -0.25) is 19.3 Å². The molecule has 1 saturated heterocycles. The predicted molar refractivity (Wildman–Crippen MR) is 145 cm³/mol. The number of amides is 2. The third kappa shape index (κ3) is 5.38. The molecule has 0 aliphatic carbocycles. The van der Waals surface area contributed by atoms with E-state index < -0.39 is 46.2 Å². The fourth-order valence-electron chi connectivity index (χ4n) is 4.13. The molecule has 0 bridgehead atoms. The van der Waals surface area contributed by atoms with Crippen molar-refractivity contribution < 1.29 is 32.7 Å². The summed E-state index contributed by atoms with van der Waals surface area (Å²) in [5, 5.41) is 15.1. The second-order valence-electron chi connectivity index (χ2n) is 8.43. The molecule has 14 heteroatoms. The van der Waals surface area contributed by atoms with Gasteiger partial charge >= 0.3 is 5.97 Å². The third-order valence-corrected chi connectivity index (χ3v) is 10.3. The summed E-state index contributed by atoms with van der Waals surface area (Å²) >= 11 is 4.56. The predicted octanol–water partition coefficient (Wildman–Crippen LogP) is 4.72. The molecule has 2 atom stereocenters. The lowest BCUT2D eigenvalue weighted by Crippen LogP contribution is -2.70. The Labute approximate surface area is 235 Å². The number of carbonyl (C=O) groups excluding carboxylic acids is 2. The number of carbonyl (C=O) groups is 3. The van der Waals surface area contributed by atoms with Gasteiger partial charge in [0.25, 0.3) is 5.91 Å². The molecular weight excluding hydrogens is 594 g/mol.